The van der Waals surface area contributed by atoms with Gasteiger partial charge in [-0.15, -0.1) is 0 Å². The van der Waals surface area contributed by atoms with Crippen LogP contribution in [0, 0.1) is 18.3 Å². The monoisotopic (exact) mass is 989 g/mol. The number of likely N-dealkylation sites (N-methyl/N-ethyl adjacent to an activating group) is 1. The summed E-state index contributed by atoms with van der Waals surface area (Å²) in [5, 5.41) is 21.4. The molecule has 382 valence electrons. The Morgan fingerprint density at radius 3 is 2.32 bits per heavy atom. The van der Waals surface area contributed by atoms with E-state index in [-0.39, 0.29) is 24.1 Å². The molecule has 4 N–H and O–H groups in total. The van der Waals surface area contributed by atoms with Gasteiger partial charge in [-0.05, 0) is 122 Å². The Balaban J connectivity index is 0.00000199. The summed E-state index contributed by atoms with van der Waals surface area (Å²) in [4.78, 5) is 69.2. The van der Waals surface area contributed by atoms with E-state index in [0.717, 1.165) is 97.6 Å². The number of aliphatic hydroxyl groups is 1. The van der Waals surface area contributed by atoms with Gasteiger partial charge in [0.2, 0.25) is 5.60 Å². The summed E-state index contributed by atoms with van der Waals surface area (Å²) in [5.74, 6) is -1.13. The Labute approximate surface area is 427 Å². The fourth-order valence-corrected chi connectivity index (χ4v) is 15.5. The van der Waals surface area contributed by atoms with E-state index >= 15 is 0 Å². The second-order valence-electron chi connectivity index (χ2n) is 21.9. The number of nitrogens with zero attached hydrogens (tertiary/aromatic N) is 3. The van der Waals surface area contributed by atoms with Crippen molar-refractivity contribution in [1.29, 1.82) is 0 Å². The molecule has 6 aliphatic rings. The van der Waals surface area contributed by atoms with Crippen LogP contribution in [-0.4, -0.2) is 120 Å². The molecule has 2 unspecified atom stereocenters. The van der Waals surface area contributed by atoms with Crippen LogP contribution in [0.2, 0.25) is 0 Å². The van der Waals surface area contributed by atoms with Gasteiger partial charge in [-0.2, -0.15) is 9.59 Å². The number of carbonyl (C=O) groups excluding carboxylic acids is 5. The van der Waals surface area contributed by atoms with Crippen LogP contribution in [-0.2, 0) is 45.9 Å². The number of rotatable bonds is 8. The standard InChI is InChI=1S/C58H68N6O6.CO2/c1-8-55(61-53(67)59-41-22-20-40(21-23-41)39-16-11-10-12-17-39)33-38-32-54(5,48-43(24-28-63(34-38)35-55)42-18-13-14-19-46(42)60-48)44-31-45-47(30-36(44)3)62(6)50-57(45)26-29-64-27-15-25-56(9-2,49(57)64)51(70-37(4)65)58(50,68)52(66)69-7;2-1-3/h10-23,25,30-31,38,49-51,60,68H,8-9,24,26-29,32-35H2,1-7H3,(H2,59,61,67);/t38-,49-,50+,51+,54+,55?,56+,57+,58-;/m0./s1. The topological polar surface area (TPSA) is 174 Å². The van der Waals surface area contributed by atoms with Gasteiger partial charge >= 0.3 is 24.1 Å². The van der Waals surface area contributed by atoms with Crippen LogP contribution in [0.4, 0.5) is 16.2 Å². The van der Waals surface area contributed by atoms with Gasteiger partial charge in [0, 0.05) is 90.4 Å². The van der Waals surface area contributed by atoms with Crippen molar-refractivity contribution in [3.63, 3.8) is 0 Å². The Morgan fingerprint density at radius 2 is 1.62 bits per heavy atom. The predicted octanol–water partition coefficient (Wildman–Crippen LogP) is 8.05. The first-order chi connectivity index (χ1) is 35.1. The van der Waals surface area contributed by atoms with Crippen molar-refractivity contribution in [2.24, 2.45) is 11.3 Å². The number of ether oxygens (including phenoxy) is 2. The van der Waals surface area contributed by atoms with Crippen LogP contribution < -0.4 is 15.5 Å². The highest BCUT2D eigenvalue weighted by Gasteiger charge is 2.80. The molecule has 14 nitrogen and oxygen atoms in total. The fraction of sp³-hybridized carbons (Fsp3) is 0.458. The molecule has 1 aliphatic carbocycles. The predicted molar refractivity (Wildman–Crippen MR) is 279 cm³/mol. The van der Waals surface area contributed by atoms with Gasteiger partial charge in [-0.25, -0.2) is 9.59 Å². The van der Waals surface area contributed by atoms with Crippen molar-refractivity contribution in [1.82, 2.24) is 20.1 Å². The highest BCUT2D eigenvalue weighted by molar-refractivity contribution is 5.91. The van der Waals surface area contributed by atoms with Crippen molar-refractivity contribution in [2.75, 3.05) is 57.1 Å². The van der Waals surface area contributed by atoms with Gasteiger partial charge in [-0.3, -0.25) is 9.69 Å². The van der Waals surface area contributed by atoms with Crippen LogP contribution in [0.3, 0.4) is 0 Å². The third kappa shape index (κ3) is 7.74. The zero-order valence-corrected chi connectivity index (χ0v) is 43.0. The minimum Gasteiger partial charge on any atom is -0.467 e. The second-order valence-corrected chi connectivity index (χ2v) is 21.9. The maximum Gasteiger partial charge on any atom is 0.373 e. The molecule has 10 atom stereocenters. The maximum absolute atomic E-state index is 14.5. The largest absolute Gasteiger partial charge is 0.467 e. The number of benzene rings is 4. The molecule has 14 heteroatoms. The summed E-state index contributed by atoms with van der Waals surface area (Å²) in [5.41, 5.74) is 6.25. The highest BCUT2D eigenvalue weighted by atomic mass is 16.6. The van der Waals surface area contributed by atoms with E-state index in [2.05, 4.69) is 131 Å². The Bertz CT molecular complexity index is 3020. The number of para-hydroxylation sites is 1. The lowest BCUT2D eigenvalue weighted by Gasteiger charge is -2.63. The smallest absolute Gasteiger partial charge is 0.373 e. The maximum atomic E-state index is 14.5. The van der Waals surface area contributed by atoms with Gasteiger partial charge in [0.25, 0.3) is 0 Å². The molecular formula is C59H68N6O8. The van der Waals surface area contributed by atoms with E-state index < -0.39 is 51.5 Å². The van der Waals surface area contributed by atoms with Crippen molar-refractivity contribution in [3.8, 4) is 11.1 Å². The zero-order chi connectivity index (χ0) is 51.7. The van der Waals surface area contributed by atoms with E-state index in [4.69, 9.17) is 19.1 Å². The lowest BCUT2D eigenvalue weighted by Crippen LogP contribution is -2.81. The fourth-order valence-electron chi connectivity index (χ4n) is 15.5. The van der Waals surface area contributed by atoms with E-state index in [9.17, 15) is 19.5 Å². The number of aromatic nitrogens is 1. The van der Waals surface area contributed by atoms with Crippen molar-refractivity contribution >= 4 is 46.4 Å². The molecule has 2 amide bonds. The Hall–Kier alpha value is -6.57. The van der Waals surface area contributed by atoms with Gasteiger partial charge in [0.1, 0.15) is 0 Å². The summed E-state index contributed by atoms with van der Waals surface area (Å²) in [6, 6.07) is 30.5. The molecule has 2 bridgehead atoms. The third-order valence-electron chi connectivity index (χ3n) is 18.1. The number of esters is 2. The molecular weight excluding hydrogens is 921 g/mol. The molecule has 6 heterocycles. The summed E-state index contributed by atoms with van der Waals surface area (Å²) in [6.07, 6.45) is 7.81. The quantitative estimate of drug-likeness (QED) is 0.0876. The number of anilines is 2. The van der Waals surface area contributed by atoms with Gasteiger partial charge in [-0.1, -0.05) is 92.7 Å². The highest BCUT2D eigenvalue weighted by Crippen LogP contribution is 2.68. The lowest BCUT2D eigenvalue weighted by atomic mass is 9.47. The van der Waals surface area contributed by atoms with Crippen LogP contribution in [0.25, 0.3) is 22.0 Å². The molecule has 4 aromatic carbocycles. The number of carbonyl (C=O) groups is 3. The number of methoxy groups -OCH3 is 1. The number of urea groups is 1. The Morgan fingerprint density at radius 1 is 0.904 bits per heavy atom. The summed E-state index contributed by atoms with van der Waals surface area (Å²) >= 11 is 0. The number of amides is 2. The Kier molecular flexibility index (Phi) is 12.8. The van der Waals surface area contributed by atoms with Crippen molar-refractivity contribution in [3.05, 3.63) is 131 Å². The molecule has 1 saturated carbocycles. The average molecular weight is 989 g/mol. The van der Waals surface area contributed by atoms with Crippen LogP contribution in [0.5, 0.6) is 0 Å². The zero-order valence-electron chi connectivity index (χ0n) is 43.0. The summed E-state index contributed by atoms with van der Waals surface area (Å²) in [7, 11) is 3.30. The van der Waals surface area contributed by atoms with Gasteiger partial charge in [0.05, 0.1) is 18.7 Å². The van der Waals surface area contributed by atoms with E-state index in [1.807, 2.05) is 37.4 Å². The van der Waals surface area contributed by atoms with E-state index in [1.54, 1.807) is 0 Å². The number of piperidine rings is 1. The second kappa shape index (κ2) is 18.7. The molecule has 11 rings (SSSR count). The SMILES string of the molecule is CCC1(NC(=O)Nc2ccc(-c3ccccc3)cc2)C[C@H]2CN(CCc3c([nH]c4ccccc34)[C@@](C)(c3cc4c(cc3C)N(C)[C@H]3[C@@](O)(C(=O)OC)[C@H](OC(C)=O)[C@]5(CC)C=CCN6CC[C@]43[C@@H]65)C2)C1.O=C=O. The first-order valence-corrected chi connectivity index (χ1v) is 25.9. The van der Waals surface area contributed by atoms with Crippen molar-refractivity contribution in [2.45, 2.75) is 113 Å². The molecule has 0 radical (unpaired) electrons. The molecule has 1 aromatic heterocycles. The van der Waals surface area contributed by atoms with E-state index in [1.165, 1.54) is 36.2 Å². The number of aromatic amines is 1. The first kappa shape index (κ1) is 50.0. The molecule has 5 aliphatic heterocycles. The minimum atomic E-state index is -2.20. The number of nitrogens with one attached hydrogen (secondary N) is 3. The van der Waals surface area contributed by atoms with Crippen LogP contribution >= 0.6 is 0 Å². The van der Waals surface area contributed by atoms with Crippen LogP contribution in [0.15, 0.2) is 103 Å². The third-order valence-corrected chi connectivity index (χ3v) is 18.1. The molecule has 1 spiro atoms. The lowest BCUT2D eigenvalue weighted by molar-refractivity contribution is -0.228. The number of H-pyrrole nitrogens is 1. The average Bonchev–Trinajstić information content (AvgIpc) is 4.12. The van der Waals surface area contributed by atoms with Crippen molar-refractivity contribution < 1.29 is 38.6 Å². The van der Waals surface area contributed by atoms with Gasteiger partial charge < -0.3 is 40.0 Å². The van der Waals surface area contributed by atoms with E-state index in [0.29, 0.717) is 12.8 Å². The molecule has 3 fully saturated rings. The molecule has 73 heavy (non-hydrogen) atoms. The summed E-state index contributed by atoms with van der Waals surface area (Å²) in [6.45, 7) is 14.3. The number of aryl methyl sites for hydroxylation is 1. The van der Waals surface area contributed by atoms with Gasteiger partial charge in [0.15, 0.2) is 6.10 Å². The number of hydrogen-bond donors (Lipinski definition) is 4. The number of fused-ring (bicyclic) bond motifs is 6. The minimum absolute atomic E-state index is 0.179. The molecule has 2 saturated heterocycles. The van der Waals surface area contributed by atoms with Crippen LogP contribution in [0.1, 0.15) is 87.7 Å². The normalized spacial score (nSPS) is 31.7. The first-order valence-electron chi connectivity index (χ1n) is 25.9. The molecule has 5 aromatic rings. The number of hydrogen-bond acceptors (Lipinski definition) is 11. The summed E-state index contributed by atoms with van der Waals surface area (Å²) < 4.78 is 11.8.